The number of hydrogen-bond donors (Lipinski definition) is 1. The van der Waals surface area contributed by atoms with Crippen LogP contribution in [0.4, 0.5) is 0 Å². The summed E-state index contributed by atoms with van der Waals surface area (Å²) < 4.78 is 52.5. The first-order chi connectivity index (χ1) is 10.8. The number of aryl methyl sites for hydroxylation is 3. The van der Waals surface area contributed by atoms with Gasteiger partial charge in [-0.1, -0.05) is 31.5 Å². The molecule has 0 aromatic heterocycles. The zero-order valence-electron chi connectivity index (χ0n) is 15.3. The first-order valence-corrected chi connectivity index (χ1v) is 11.2. The van der Waals surface area contributed by atoms with E-state index in [1.807, 2.05) is 32.9 Å². The summed E-state index contributed by atoms with van der Waals surface area (Å²) in [5.74, 6) is 0.165. The van der Waals surface area contributed by atoms with Crippen molar-refractivity contribution >= 4 is 20.0 Å². The summed E-state index contributed by atoms with van der Waals surface area (Å²) in [6.45, 7) is 9.78. The minimum atomic E-state index is -3.68. The Bertz CT molecular complexity index is 761. The smallest absolute Gasteiger partial charge is 0.213 e. The minimum absolute atomic E-state index is 0.0366. The lowest BCUT2D eigenvalue weighted by Gasteiger charge is -2.22. The highest BCUT2D eigenvalue weighted by molar-refractivity contribution is 7.89. The van der Waals surface area contributed by atoms with E-state index >= 15 is 0 Å². The largest absolute Gasteiger partial charge is 0.241 e. The molecule has 8 heteroatoms. The van der Waals surface area contributed by atoms with Crippen molar-refractivity contribution < 1.29 is 16.8 Å². The van der Waals surface area contributed by atoms with Gasteiger partial charge in [-0.15, -0.1) is 0 Å². The highest BCUT2D eigenvalue weighted by atomic mass is 32.2. The van der Waals surface area contributed by atoms with Gasteiger partial charge in [0.2, 0.25) is 20.0 Å². The summed E-state index contributed by atoms with van der Waals surface area (Å²) in [6, 6.07) is 3.65. The third-order valence-electron chi connectivity index (χ3n) is 3.56. The Balaban J connectivity index is 2.90. The van der Waals surface area contributed by atoms with Gasteiger partial charge in [0.15, 0.2) is 0 Å². The standard InChI is InChI=1S/C16H28N2O4S2/c1-12(2)11-18(23(6,19)20)8-7-17-24(21,22)16-14(4)9-13(3)10-15(16)5/h9-10,12,17H,7-8,11H2,1-6H3. The van der Waals surface area contributed by atoms with E-state index in [1.54, 1.807) is 13.8 Å². The van der Waals surface area contributed by atoms with Crippen molar-refractivity contribution in [1.82, 2.24) is 9.03 Å². The third kappa shape index (κ3) is 5.84. The van der Waals surface area contributed by atoms with Crippen molar-refractivity contribution in [3.8, 4) is 0 Å². The molecule has 138 valence electrons. The molecule has 0 fully saturated rings. The fourth-order valence-corrected chi connectivity index (χ4v) is 5.23. The van der Waals surface area contributed by atoms with Crippen LogP contribution in [0.5, 0.6) is 0 Å². The van der Waals surface area contributed by atoms with Gasteiger partial charge in [-0.05, 0) is 37.8 Å². The summed E-state index contributed by atoms with van der Waals surface area (Å²) in [4.78, 5) is 0.267. The van der Waals surface area contributed by atoms with Crippen molar-refractivity contribution in [2.75, 3.05) is 25.9 Å². The molecule has 0 radical (unpaired) electrons. The van der Waals surface area contributed by atoms with Crippen LogP contribution in [0.1, 0.15) is 30.5 Å². The van der Waals surface area contributed by atoms with Crippen LogP contribution in [-0.2, 0) is 20.0 Å². The van der Waals surface area contributed by atoms with Crippen molar-refractivity contribution in [3.63, 3.8) is 0 Å². The predicted molar refractivity (Wildman–Crippen MR) is 97.1 cm³/mol. The van der Waals surface area contributed by atoms with E-state index in [0.29, 0.717) is 17.7 Å². The normalized spacial score (nSPS) is 13.0. The van der Waals surface area contributed by atoms with Crippen LogP contribution in [0.25, 0.3) is 0 Å². The molecular weight excluding hydrogens is 348 g/mol. The summed E-state index contributed by atoms with van der Waals surface area (Å²) in [7, 11) is -7.05. The van der Waals surface area contributed by atoms with Gasteiger partial charge < -0.3 is 0 Å². The second kappa shape index (κ2) is 7.95. The molecule has 0 aliphatic rings. The van der Waals surface area contributed by atoms with Crippen LogP contribution in [0.15, 0.2) is 17.0 Å². The van der Waals surface area contributed by atoms with Gasteiger partial charge in [-0.25, -0.2) is 25.9 Å². The Labute approximate surface area is 146 Å². The molecule has 0 saturated heterocycles. The van der Waals surface area contributed by atoms with Crippen LogP contribution >= 0.6 is 0 Å². The molecule has 1 N–H and O–H groups in total. The second-order valence-electron chi connectivity index (χ2n) is 6.64. The fourth-order valence-electron chi connectivity index (χ4n) is 2.77. The monoisotopic (exact) mass is 376 g/mol. The lowest BCUT2D eigenvalue weighted by molar-refractivity contribution is 0.372. The highest BCUT2D eigenvalue weighted by Crippen LogP contribution is 2.21. The molecule has 0 heterocycles. The van der Waals surface area contributed by atoms with Gasteiger partial charge in [0.25, 0.3) is 0 Å². The molecule has 1 rings (SSSR count). The van der Waals surface area contributed by atoms with Gasteiger partial charge in [-0.2, -0.15) is 0 Å². The molecular formula is C16H28N2O4S2. The van der Waals surface area contributed by atoms with E-state index in [-0.39, 0.29) is 23.9 Å². The van der Waals surface area contributed by atoms with E-state index in [1.165, 1.54) is 4.31 Å². The van der Waals surface area contributed by atoms with Gasteiger partial charge in [-0.3, -0.25) is 0 Å². The minimum Gasteiger partial charge on any atom is -0.213 e. The molecule has 0 spiro atoms. The summed E-state index contributed by atoms with van der Waals surface area (Å²) >= 11 is 0. The molecule has 0 aliphatic carbocycles. The molecule has 0 unspecified atom stereocenters. The van der Waals surface area contributed by atoms with Crippen LogP contribution in [-0.4, -0.2) is 47.0 Å². The second-order valence-corrected chi connectivity index (χ2v) is 10.3. The highest BCUT2D eigenvalue weighted by Gasteiger charge is 2.22. The Hall–Kier alpha value is -0.960. The van der Waals surface area contributed by atoms with Crippen LogP contribution in [0.3, 0.4) is 0 Å². The summed E-state index contributed by atoms with van der Waals surface area (Å²) in [5.41, 5.74) is 2.37. The van der Waals surface area contributed by atoms with Gasteiger partial charge in [0.05, 0.1) is 11.2 Å². The van der Waals surface area contributed by atoms with Gasteiger partial charge in [0, 0.05) is 19.6 Å². The number of rotatable bonds is 8. The van der Waals surface area contributed by atoms with Gasteiger partial charge in [0.1, 0.15) is 0 Å². The lowest BCUT2D eigenvalue weighted by Crippen LogP contribution is -2.40. The molecule has 24 heavy (non-hydrogen) atoms. The van der Waals surface area contributed by atoms with Crippen molar-refractivity contribution in [2.45, 2.75) is 39.5 Å². The molecule has 0 bridgehead atoms. The molecule has 1 aromatic carbocycles. The summed E-state index contributed by atoms with van der Waals surface area (Å²) in [5, 5.41) is 0. The fraction of sp³-hybridized carbons (Fsp3) is 0.625. The molecule has 1 aromatic rings. The van der Waals surface area contributed by atoms with Crippen molar-refractivity contribution in [3.05, 3.63) is 28.8 Å². The maximum Gasteiger partial charge on any atom is 0.241 e. The van der Waals surface area contributed by atoms with E-state index in [9.17, 15) is 16.8 Å². The van der Waals surface area contributed by atoms with Crippen molar-refractivity contribution in [2.24, 2.45) is 5.92 Å². The zero-order valence-corrected chi connectivity index (χ0v) is 16.9. The quantitative estimate of drug-likeness (QED) is 0.750. The van der Waals surface area contributed by atoms with Crippen LogP contribution in [0, 0.1) is 26.7 Å². The molecule has 6 nitrogen and oxygen atoms in total. The number of hydrogen-bond acceptors (Lipinski definition) is 4. The van der Waals surface area contributed by atoms with Crippen LogP contribution < -0.4 is 4.72 Å². The third-order valence-corrected chi connectivity index (χ3v) is 6.60. The molecule has 0 amide bonds. The number of nitrogens with one attached hydrogen (secondary N) is 1. The van der Waals surface area contributed by atoms with Crippen molar-refractivity contribution in [1.29, 1.82) is 0 Å². The molecule has 0 saturated carbocycles. The predicted octanol–water partition coefficient (Wildman–Crippen LogP) is 1.81. The first kappa shape index (κ1) is 21.1. The van der Waals surface area contributed by atoms with E-state index in [0.717, 1.165) is 11.8 Å². The lowest BCUT2D eigenvalue weighted by atomic mass is 10.1. The van der Waals surface area contributed by atoms with E-state index < -0.39 is 20.0 Å². The Morgan fingerprint density at radius 1 is 1.04 bits per heavy atom. The Morgan fingerprint density at radius 3 is 1.96 bits per heavy atom. The maximum absolute atomic E-state index is 12.6. The maximum atomic E-state index is 12.6. The Morgan fingerprint density at radius 2 is 1.54 bits per heavy atom. The molecule has 0 aliphatic heterocycles. The van der Waals surface area contributed by atoms with Gasteiger partial charge >= 0.3 is 0 Å². The Kier molecular flexibility index (Phi) is 6.98. The summed E-state index contributed by atoms with van der Waals surface area (Å²) in [6.07, 6.45) is 1.14. The SMILES string of the molecule is Cc1cc(C)c(S(=O)(=O)NCCN(CC(C)C)S(C)(=O)=O)c(C)c1. The van der Waals surface area contributed by atoms with Crippen LogP contribution in [0.2, 0.25) is 0 Å². The average Bonchev–Trinajstić information content (AvgIpc) is 2.33. The number of nitrogens with zero attached hydrogens (tertiary/aromatic N) is 1. The average molecular weight is 377 g/mol. The van der Waals surface area contributed by atoms with E-state index in [2.05, 4.69) is 4.72 Å². The zero-order chi connectivity index (χ0) is 18.7. The number of benzene rings is 1. The topological polar surface area (TPSA) is 83.6 Å². The number of sulfonamides is 2. The first-order valence-electron chi connectivity index (χ1n) is 7.87. The van der Waals surface area contributed by atoms with E-state index in [4.69, 9.17) is 0 Å². The molecule has 0 atom stereocenters.